The van der Waals surface area contributed by atoms with Crippen molar-refractivity contribution in [2.45, 2.75) is 78.2 Å². The van der Waals surface area contributed by atoms with E-state index in [1.165, 1.54) is 31.7 Å². The van der Waals surface area contributed by atoms with E-state index < -0.39 is 0 Å². The van der Waals surface area contributed by atoms with Crippen molar-refractivity contribution in [2.75, 3.05) is 26.0 Å². The van der Waals surface area contributed by atoms with Gasteiger partial charge in [-0.2, -0.15) is 0 Å². The molecular weight excluding hydrogens is 483 g/mol. The van der Waals surface area contributed by atoms with E-state index in [0.717, 1.165) is 61.1 Å². The number of halogens is 1. The molecule has 1 amide bonds. The zero-order valence-corrected chi connectivity index (χ0v) is 24.0. The molecule has 0 spiro atoms. The summed E-state index contributed by atoms with van der Waals surface area (Å²) >= 11 is 1.66. The first-order valence-corrected chi connectivity index (χ1v) is 14.7. The number of allylic oxidation sites excluding steroid dienone is 3. The van der Waals surface area contributed by atoms with Crippen LogP contribution < -0.4 is 9.46 Å². The highest BCUT2D eigenvalue weighted by Gasteiger charge is 2.17. The third kappa shape index (κ3) is 13.2. The molecule has 1 aromatic rings. The van der Waals surface area contributed by atoms with Crippen LogP contribution in [0.3, 0.4) is 0 Å². The largest absolute Gasteiger partial charge is 0.486 e. The van der Waals surface area contributed by atoms with Crippen LogP contribution in [0.4, 0.5) is 4.39 Å². The lowest BCUT2D eigenvalue weighted by molar-refractivity contribution is -0.125. The van der Waals surface area contributed by atoms with Gasteiger partial charge in [-0.25, -0.2) is 4.39 Å². The van der Waals surface area contributed by atoms with Crippen LogP contribution in [0.25, 0.3) is 0 Å². The monoisotopic (exact) mass is 530 g/mol. The van der Waals surface area contributed by atoms with Crippen molar-refractivity contribution in [3.05, 3.63) is 78.2 Å². The first kappa shape index (κ1) is 32.7. The average Bonchev–Trinajstić information content (AvgIpc) is 2.89. The van der Waals surface area contributed by atoms with Crippen molar-refractivity contribution >= 4 is 17.9 Å². The molecule has 0 radical (unpaired) electrons. The Kier molecular flexibility index (Phi) is 18.3. The lowest BCUT2D eigenvalue weighted by Gasteiger charge is -2.20. The van der Waals surface area contributed by atoms with E-state index in [2.05, 4.69) is 24.0 Å². The van der Waals surface area contributed by atoms with Crippen LogP contribution in [0.15, 0.2) is 66.8 Å². The third-order valence-corrected chi connectivity index (χ3v) is 6.85. The van der Waals surface area contributed by atoms with E-state index in [1.807, 2.05) is 27.0 Å². The fourth-order valence-corrected chi connectivity index (χ4v) is 4.24. The fraction of sp³-hybridized carbons (Fsp3) is 0.516. The van der Waals surface area contributed by atoms with Crippen LogP contribution in [-0.2, 0) is 11.3 Å². The SMILES string of the molecule is C1CCC1.C=CCOc1cc(CNSCCCCCN(C)C(=O)C2=C(C=C)CCC=C2)ccc1F.CC. The maximum atomic E-state index is 13.7. The minimum atomic E-state index is -0.363. The summed E-state index contributed by atoms with van der Waals surface area (Å²) in [6.07, 6.45) is 18.3. The summed E-state index contributed by atoms with van der Waals surface area (Å²) in [5, 5.41) is 0. The van der Waals surface area contributed by atoms with E-state index in [9.17, 15) is 9.18 Å². The molecule has 0 atom stereocenters. The third-order valence-electron chi connectivity index (χ3n) is 6.00. The average molecular weight is 531 g/mol. The van der Waals surface area contributed by atoms with E-state index in [1.54, 1.807) is 41.1 Å². The van der Waals surface area contributed by atoms with Gasteiger partial charge in [-0.05, 0) is 49.0 Å². The summed E-state index contributed by atoms with van der Waals surface area (Å²) in [6, 6.07) is 4.90. The Morgan fingerprint density at radius 1 is 1.16 bits per heavy atom. The minimum Gasteiger partial charge on any atom is -0.486 e. The summed E-state index contributed by atoms with van der Waals surface area (Å²) in [5.74, 6) is 0.950. The highest BCUT2D eigenvalue weighted by molar-refractivity contribution is 7.97. The molecule has 0 aromatic heterocycles. The van der Waals surface area contributed by atoms with Gasteiger partial charge in [0, 0.05) is 31.5 Å². The molecule has 2 aliphatic rings. The van der Waals surface area contributed by atoms with Crippen LogP contribution in [0, 0.1) is 5.82 Å². The normalized spacial score (nSPS) is 13.8. The quantitative estimate of drug-likeness (QED) is 0.150. The molecule has 0 heterocycles. The van der Waals surface area contributed by atoms with E-state index in [0.29, 0.717) is 6.54 Å². The van der Waals surface area contributed by atoms with Gasteiger partial charge in [0.2, 0.25) is 0 Å². The van der Waals surface area contributed by atoms with Gasteiger partial charge in [0.05, 0.1) is 0 Å². The molecule has 3 rings (SSSR count). The van der Waals surface area contributed by atoms with Crippen molar-refractivity contribution in [3.8, 4) is 5.75 Å². The maximum absolute atomic E-state index is 13.7. The minimum absolute atomic E-state index is 0.0811. The second kappa shape index (κ2) is 20.7. The summed E-state index contributed by atoms with van der Waals surface area (Å²) in [5.41, 5.74) is 2.79. The predicted molar refractivity (Wildman–Crippen MR) is 158 cm³/mol. The molecule has 2 aliphatic carbocycles. The van der Waals surface area contributed by atoms with E-state index >= 15 is 0 Å². The number of ether oxygens (including phenoxy) is 1. The molecule has 0 bridgehead atoms. The molecule has 37 heavy (non-hydrogen) atoms. The van der Waals surface area contributed by atoms with Crippen LogP contribution in [0.2, 0.25) is 0 Å². The maximum Gasteiger partial charge on any atom is 0.253 e. The molecule has 0 saturated heterocycles. The van der Waals surface area contributed by atoms with Crippen LogP contribution >= 0.6 is 11.9 Å². The highest BCUT2D eigenvalue weighted by atomic mass is 32.2. The van der Waals surface area contributed by atoms with Gasteiger partial charge < -0.3 is 9.64 Å². The number of nitrogens with zero attached hydrogens (tertiary/aromatic N) is 1. The molecule has 1 saturated carbocycles. The van der Waals surface area contributed by atoms with Crippen molar-refractivity contribution in [3.63, 3.8) is 0 Å². The summed E-state index contributed by atoms with van der Waals surface area (Å²) in [7, 11) is 1.87. The number of benzene rings is 1. The number of hydrogen-bond acceptors (Lipinski definition) is 4. The Labute approximate surface area is 229 Å². The van der Waals surface area contributed by atoms with Gasteiger partial charge in [-0.3, -0.25) is 9.52 Å². The predicted octanol–water partition coefficient (Wildman–Crippen LogP) is 8.18. The molecule has 206 valence electrons. The number of amides is 1. The molecule has 0 aliphatic heterocycles. The number of unbranched alkanes of at least 4 members (excludes halogenated alkanes) is 2. The topological polar surface area (TPSA) is 41.6 Å². The standard InChI is InChI=1S/C25H33FN2O2S.C4H8.C2H6/c1-4-16-30-24-18-20(13-14-23(24)26)19-27-31-17-10-6-9-15-28(3)25(29)22-12-8-7-11-21(22)5-2;1-2-4-3-1;1-2/h4-5,8,12-14,18,27H,1-2,6-7,9-11,15-17,19H2,3H3;1-4H2;1-2H3. The van der Waals surface area contributed by atoms with Crippen molar-refractivity contribution in [2.24, 2.45) is 0 Å². The van der Waals surface area contributed by atoms with Gasteiger partial charge in [-0.1, -0.05) is 101 Å². The molecule has 6 heteroatoms. The van der Waals surface area contributed by atoms with E-state index in [-0.39, 0.29) is 24.1 Å². The molecular formula is C31H47FN2O2S. The molecule has 1 fully saturated rings. The second-order valence-electron chi connectivity index (χ2n) is 8.82. The van der Waals surface area contributed by atoms with Crippen molar-refractivity contribution < 1.29 is 13.9 Å². The molecule has 1 N–H and O–H groups in total. The number of nitrogens with one attached hydrogen (secondary N) is 1. The first-order chi connectivity index (χ1) is 18.1. The number of carbonyl (C=O) groups is 1. The molecule has 1 aromatic carbocycles. The van der Waals surface area contributed by atoms with Gasteiger partial charge in [0.15, 0.2) is 11.6 Å². The van der Waals surface area contributed by atoms with Crippen LogP contribution in [-0.4, -0.2) is 36.8 Å². The van der Waals surface area contributed by atoms with Gasteiger partial charge in [0.25, 0.3) is 5.91 Å². The molecule has 4 nitrogen and oxygen atoms in total. The zero-order valence-electron chi connectivity index (χ0n) is 23.2. The van der Waals surface area contributed by atoms with Crippen molar-refractivity contribution in [1.82, 2.24) is 9.62 Å². The Morgan fingerprint density at radius 3 is 2.54 bits per heavy atom. The van der Waals surface area contributed by atoms with E-state index in [4.69, 9.17) is 4.74 Å². The summed E-state index contributed by atoms with van der Waals surface area (Å²) < 4.78 is 22.3. The number of likely N-dealkylation sites (N-methyl/N-ethyl adjacent to an activating group) is 1. The number of rotatable bonds is 14. The lowest BCUT2D eigenvalue weighted by Crippen LogP contribution is -2.29. The Balaban J connectivity index is 0.00000101. The number of hydrogen-bond donors (Lipinski definition) is 1. The Bertz CT molecular complexity index is 874. The Hall–Kier alpha value is -2.31. The Morgan fingerprint density at radius 2 is 1.89 bits per heavy atom. The first-order valence-electron chi connectivity index (χ1n) is 13.7. The summed E-state index contributed by atoms with van der Waals surface area (Å²) in [6.45, 7) is 13.1. The smallest absolute Gasteiger partial charge is 0.253 e. The highest BCUT2D eigenvalue weighted by Crippen LogP contribution is 2.22. The van der Waals surface area contributed by atoms with Gasteiger partial charge in [-0.15, -0.1) is 0 Å². The zero-order chi connectivity index (χ0) is 27.3. The molecule has 0 unspecified atom stereocenters. The fourth-order valence-electron chi connectivity index (χ4n) is 3.48. The second-order valence-corrected chi connectivity index (χ2v) is 9.81. The lowest BCUT2D eigenvalue weighted by atomic mass is 9.96. The van der Waals surface area contributed by atoms with Crippen LogP contribution in [0.1, 0.15) is 77.2 Å². The van der Waals surface area contributed by atoms with Crippen molar-refractivity contribution in [1.29, 1.82) is 0 Å². The number of carbonyl (C=O) groups excluding carboxylic acids is 1. The summed E-state index contributed by atoms with van der Waals surface area (Å²) in [4.78, 5) is 14.4. The van der Waals surface area contributed by atoms with Gasteiger partial charge >= 0.3 is 0 Å². The van der Waals surface area contributed by atoms with Crippen LogP contribution in [0.5, 0.6) is 5.75 Å². The van der Waals surface area contributed by atoms with Gasteiger partial charge in [0.1, 0.15) is 6.61 Å².